The van der Waals surface area contributed by atoms with Gasteiger partial charge >= 0.3 is 0 Å². The summed E-state index contributed by atoms with van der Waals surface area (Å²) in [5.41, 5.74) is 5.28. The summed E-state index contributed by atoms with van der Waals surface area (Å²) >= 11 is 0. The third-order valence-corrected chi connectivity index (χ3v) is 6.62. The molecular formula is C31H37N3O3. The maximum Gasteiger partial charge on any atom is 0.251 e. The Kier molecular flexibility index (Phi) is 8.10. The Balaban J connectivity index is 1.45. The van der Waals surface area contributed by atoms with Crippen molar-refractivity contribution in [2.24, 2.45) is 4.99 Å². The molecule has 0 bridgehead atoms. The molecule has 1 aliphatic carbocycles. The number of fused-ring (bicyclic) bond motifs is 1. The summed E-state index contributed by atoms with van der Waals surface area (Å²) in [6.07, 6.45) is -0.180. The van der Waals surface area contributed by atoms with Crippen molar-refractivity contribution in [1.29, 1.82) is 0 Å². The highest BCUT2D eigenvalue weighted by Gasteiger charge is 2.32. The number of hydrogen-bond donors (Lipinski definition) is 2. The number of ether oxygens (including phenoxy) is 1. The van der Waals surface area contributed by atoms with Crippen LogP contribution in [0.5, 0.6) is 0 Å². The predicted molar refractivity (Wildman–Crippen MR) is 149 cm³/mol. The number of nitrogens with zero attached hydrogens (tertiary/aromatic N) is 2. The summed E-state index contributed by atoms with van der Waals surface area (Å²) < 4.78 is 5.82. The topological polar surface area (TPSA) is 74.2 Å². The summed E-state index contributed by atoms with van der Waals surface area (Å²) in [5.74, 6) is 0.662. The highest BCUT2D eigenvalue weighted by molar-refractivity contribution is 5.95. The first kappa shape index (κ1) is 26.6. The highest BCUT2D eigenvalue weighted by Crippen LogP contribution is 2.34. The van der Waals surface area contributed by atoms with E-state index >= 15 is 0 Å². The fourth-order valence-corrected chi connectivity index (χ4v) is 4.44. The molecule has 3 aromatic rings. The number of likely N-dealkylation sites (N-methyl/N-ethyl adjacent to an activating group) is 1. The molecule has 0 aromatic heterocycles. The monoisotopic (exact) mass is 499 g/mol. The van der Waals surface area contributed by atoms with Gasteiger partial charge in [0.1, 0.15) is 5.84 Å². The molecule has 6 heteroatoms. The zero-order chi connectivity index (χ0) is 26.6. The Hall–Kier alpha value is -3.48. The molecule has 0 saturated carbocycles. The van der Waals surface area contributed by atoms with Crippen molar-refractivity contribution in [3.63, 3.8) is 0 Å². The Morgan fingerprint density at radius 1 is 1.05 bits per heavy atom. The first-order chi connectivity index (χ1) is 17.6. The third kappa shape index (κ3) is 6.85. The zero-order valence-corrected chi connectivity index (χ0v) is 22.4. The Labute approximate surface area is 220 Å². The molecule has 0 saturated heterocycles. The minimum atomic E-state index is -0.680. The number of amidine groups is 1. The van der Waals surface area contributed by atoms with Crippen LogP contribution in [0.4, 0.5) is 5.69 Å². The van der Waals surface area contributed by atoms with Crippen molar-refractivity contribution in [2.45, 2.75) is 51.9 Å². The lowest BCUT2D eigenvalue weighted by Crippen LogP contribution is -2.33. The number of benzene rings is 3. The van der Waals surface area contributed by atoms with Gasteiger partial charge in [-0.2, -0.15) is 0 Å². The second-order valence-electron chi connectivity index (χ2n) is 10.6. The minimum absolute atomic E-state index is 0.171. The standard InChI is InChI=1S/C31H37N3O3/c1-21(34(5)17-18-37-31(2,3)4)32-26-16-15-25-19-28(35)29(27(25)20-26)33-30(36)24-13-11-23(12-14-24)22-9-7-6-8-10-22/h6-16,20,28-29,35H,17-19H2,1-5H3,(H,33,36). The number of hydrogen-bond acceptors (Lipinski definition) is 4. The molecule has 0 fully saturated rings. The van der Waals surface area contributed by atoms with Crippen molar-refractivity contribution >= 4 is 17.4 Å². The zero-order valence-electron chi connectivity index (χ0n) is 22.4. The van der Waals surface area contributed by atoms with Crippen LogP contribution in [0.1, 0.15) is 55.2 Å². The Morgan fingerprint density at radius 3 is 2.41 bits per heavy atom. The van der Waals surface area contributed by atoms with E-state index in [1.807, 2.05) is 108 Å². The first-order valence-electron chi connectivity index (χ1n) is 12.8. The molecule has 0 radical (unpaired) electrons. The van der Waals surface area contributed by atoms with Crippen molar-refractivity contribution < 1.29 is 14.6 Å². The number of amides is 1. The van der Waals surface area contributed by atoms with Gasteiger partial charge in [-0.15, -0.1) is 0 Å². The Bertz CT molecular complexity index is 1250. The lowest BCUT2D eigenvalue weighted by molar-refractivity contribution is -0.00608. The van der Waals surface area contributed by atoms with E-state index in [-0.39, 0.29) is 11.5 Å². The summed E-state index contributed by atoms with van der Waals surface area (Å²) in [4.78, 5) is 19.9. The third-order valence-electron chi connectivity index (χ3n) is 6.62. The Morgan fingerprint density at radius 2 is 1.73 bits per heavy atom. The average Bonchev–Trinajstić information content (AvgIpc) is 3.18. The second kappa shape index (κ2) is 11.3. The number of rotatable bonds is 7. The fraction of sp³-hybridized carbons (Fsp3) is 0.355. The summed E-state index contributed by atoms with van der Waals surface area (Å²) in [6.45, 7) is 9.45. The number of aliphatic hydroxyl groups excluding tert-OH is 1. The van der Waals surface area contributed by atoms with Gasteiger partial charge in [0.15, 0.2) is 0 Å². The molecule has 4 rings (SSSR count). The number of carbonyl (C=O) groups excluding carboxylic acids is 1. The molecule has 6 nitrogen and oxygen atoms in total. The summed E-state index contributed by atoms with van der Waals surface area (Å²) in [7, 11) is 1.99. The van der Waals surface area contributed by atoms with E-state index in [0.29, 0.717) is 18.6 Å². The SMILES string of the molecule is CC(=Nc1ccc2c(c1)C(NC(=O)c1ccc(-c3ccccc3)cc1)C(O)C2)N(C)CCOC(C)(C)C. The maximum absolute atomic E-state index is 13.1. The highest BCUT2D eigenvalue weighted by atomic mass is 16.5. The van der Waals surface area contributed by atoms with Gasteiger partial charge in [0.25, 0.3) is 5.91 Å². The van der Waals surface area contributed by atoms with Gasteiger partial charge in [-0.1, -0.05) is 48.5 Å². The van der Waals surface area contributed by atoms with Crippen molar-refractivity contribution in [3.8, 4) is 11.1 Å². The van der Waals surface area contributed by atoms with Gasteiger partial charge in [-0.3, -0.25) is 4.79 Å². The molecule has 2 N–H and O–H groups in total. The van der Waals surface area contributed by atoms with Crippen LogP contribution in [0.15, 0.2) is 77.8 Å². The minimum Gasteiger partial charge on any atom is -0.390 e. The summed E-state index contributed by atoms with van der Waals surface area (Å²) in [5, 5.41) is 13.8. The summed E-state index contributed by atoms with van der Waals surface area (Å²) in [6, 6.07) is 23.0. The van der Waals surface area contributed by atoms with Crippen LogP contribution in [0, 0.1) is 0 Å². The fourth-order valence-electron chi connectivity index (χ4n) is 4.44. The van der Waals surface area contributed by atoms with E-state index in [2.05, 4.69) is 10.2 Å². The lowest BCUT2D eigenvalue weighted by Gasteiger charge is -2.24. The van der Waals surface area contributed by atoms with Crippen LogP contribution in [0.25, 0.3) is 11.1 Å². The van der Waals surface area contributed by atoms with Crippen LogP contribution in [0.2, 0.25) is 0 Å². The number of aliphatic imine (C=N–C) groups is 1. The van der Waals surface area contributed by atoms with Crippen molar-refractivity contribution in [2.75, 3.05) is 20.2 Å². The molecule has 0 aliphatic heterocycles. The van der Waals surface area contributed by atoms with Gasteiger partial charge in [0.2, 0.25) is 0 Å². The van der Waals surface area contributed by atoms with Crippen LogP contribution < -0.4 is 5.32 Å². The first-order valence-corrected chi connectivity index (χ1v) is 12.8. The van der Waals surface area contributed by atoms with Crippen molar-refractivity contribution in [3.05, 3.63) is 89.5 Å². The molecule has 1 aliphatic rings. The van der Waals surface area contributed by atoms with Gasteiger partial charge in [-0.25, -0.2) is 4.99 Å². The van der Waals surface area contributed by atoms with Gasteiger partial charge in [0, 0.05) is 25.6 Å². The van der Waals surface area contributed by atoms with Crippen LogP contribution >= 0.6 is 0 Å². The number of carbonyl (C=O) groups is 1. The molecule has 37 heavy (non-hydrogen) atoms. The predicted octanol–water partition coefficient (Wildman–Crippen LogP) is 5.54. The number of nitrogens with one attached hydrogen (secondary N) is 1. The van der Waals surface area contributed by atoms with E-state index in [0.717, 1.165) is 40.3 Å². The van der Waals surface area contributed by atoms with E-state index < -0.39 is 12.1 Å². The molecule has 1 amide bonds. The number of aliphatic hydroxyl groups is 1. The van der Waals surface area contributed by atoms with Gasteiger partial charge in [-0.05, 0) is 74.2 Å². The molecule has 3 aromatic carbocycles. The maximum atomic E-state index is 13.1. The average molecular weight is 500 g/mol. The van der Waals surface area contributed by atoms with E-state index in [9.17, 15) is 9.90 Å². The van der Waals surface area contributed by atoms with Crippen LogP contribution in [-0.4, -0.2) is 53.7 Å². The quantitative estimate of drug-likeness (QED) is 0.331. The molecule has 2 unspecified atom stereocenters. The molecule has 0 heterocycles. The van der Waals surface area contributed by atoms with Gasteiger partial charge < -0.3 is 20.1 Å². The van der Waals surface area contributed by atoms with E-state index in [4.69, 9.17) is 9.73 Å². The molecule has 194 valence electrons. The van der Waals surface area contributed by atoms with Crippen molar-refractivity contribution in [1.82, 2.24) is 10.2 Å². The van der Waals surface area contributed by atoms with E-state index in [1.165, 1.54) is 0 Å². The van der Waals surface area contributed by atoms with Crippen LogP contribution in [-0.2, 0) is 11.2 Å². The van der Waals surface area contributed by atoms with E-state index in [1.54, 1.807) is 0 Å². The van der Waals surface area contributed by atoms with Crippen LogP contribution in [0.3, 0.4) is 0 Å². The molecular weight excluding hydrogens is 462 g/mol. The molecule has 0 spiro atoms. The molecule has 2 atom stereocenters. The second-order valence-corrected chi connectivity index (χ2v) is 10.6. The lowest BCUT2D eigenvalue weighted by atomic mass is 10.0. The normalized spacial score (nSPS) is 17.4. The largest absolute Gasteiger partial charge is 0.390 e. The smallest absolute Gasteiger partial charge is 0.251 e. The van der Waals surface area contributed by atoms with Gasteiger partial charge in [0.05, 0.1) is 30.0 Å².